The van der Waals surface area contributed by atoms with E-state index in [1.54, 1.807) is 10.7 Å². The fourth-order valence-electron chi connectivity index (χ4n) is 2.18. The summed E-state index contributed by atoms with van der Waals surface area (Å²) in [5.41, 5.74) is 0.787. The number of rotatable bonds is 4. The summed E-state index contributed by atoms with van der Waals surface area (Å²) in [6, 6.07) is 3.68. The molecular formula is C13H17N5O2. The highest BCUT2D eigenvalue weighted by atomic mass is 16.5. The number of ether oxygens (including phenoxy) is 1. The van der Waals surface area contributed by atoms with Gasteiger partial charge in [0.25, 0.3) is 0 Å². The van der Waals surface area contributed by atoms with Crippen molar-refractivity contribution in [2.24, 2.45) is 0 Å². The monoisotopic (exact) mass is 275 g/mol. The Labute approximate surface area is 116 Å². The lowest BCUT2D eigenvalue weighted by Gasteiger charge is -2.26. The van der Waals surface area contributed by atoms with Crippen molar-refractivity contribution in [2.45, 2.75) is 6.42 Å². The van der Waals surface area contributed by atoms with Crippen LogP contribution in [0.2, 0.25) is 0 Å². The minimum absolute atomic E-state index is 0.159. The molecule has 106 valence electrons. The predicted molar refractivity (Wildman–Crippen MR) is 73.5 cm³/mol. The summed E-state index contributed by atoms with van der Waals surface area (Å²) in [4.78, 5) is 18.2. The van der Waals surface area contributed by atoms with Crippen molar-refractivity contribution >= 4 is 17.4 Å². The zero-order valence-corrected chi connectivity index (χ0v) is 11.2. The molecule has 1 saturated heterocycles. The summed E-state index contributed by atoms with van der Waals surface area (Å²) < 4.78 is 6.93. The van der Waals surface area contributed by atoms with Gasteiger partial charge in [0, 0.05) is 38.3 Å². The molecule has 0 aromatic carbocycles. The summed E-state index contributed by atoms with van der Waals surface area (Å²) >= 11 is 0. The van der Waals surface area contributed by atoms with Gasteiger partial charge in [0.2, 0.25) is 5.91 Å². The van der Waals surface area contributed by atoms with Crippen molar-refractivity contribution < 1.29 is 9.53 Å². The van der Waals surface area contributed by atoms with Crippen LogP contribution in [0.15, 0.2) is 24.5 Å². The van der Waals surface area contributed by atoms with Gasteiger partial charge in [-0.3, -0.25) is 4.79 Å². The maximum absolute atomic E-state index is 12.0. The molecular weight excluding hydrogens is 258 g/mol. The van der Waals surface area contributed by atoms with Crippen molar-refractivity contribution in [1.82, 2.24) is 19.5 Å². The molecule has 0 saturated carbocycles. The number of nitrogens with one attached hydrogen (secondary N) is 1. The third-order valence-electron chi connectivity index (χ3n) is 3.27. The normalized spacial score (nSPS) is 15.5. The summed E-state index contributed by atoms with van der Waals surface area (Å²) in [5.74, 6) is 0.916. The van der Waals surface area contributed by atoms with E-state index >= 15 is 0 Å². The Bertz CT molecular complexity index is 591. The topological polar surface area (TPSA) is 71.8 Å². The van der Waals surface area contributed by atoms with E-state index < -0.39 is 0 Å². The van der Waals surface area contributed by atoms with Crippen LogP contribution in [0.3, 0.4) is 0 Å². The van der Waals surface area contributed by atoms with E-state index in [1.807, 2.05) is 23.2 Å². The number of hydrogen-bond donors (Lipinski definition) is 1. The molecule has 1 N–H and O–H groups in total. The van der Waals surface area contributed by atoms with E-state index in [9.17, 15) is 4.79 Å². The summed E-state index contributed by atoms with van der Waals surface area (Å²) in [6.07, 6.45) is 4.01. The van der Waals surface area contributed by atoms with Crippen LogP contribution in [0.1, 0.15) is 6.42 Å². The number of morpholine rings is 1. The highest BCUT2D eigenvalue weighted by molar-refractivity contribution is 5.76. The highest BCUT2D eigenvalue weighted by Gasteiger charge is 2.15. The molecule has 7 heteroatoms. The van der Waals surface area contributed by atoms with Crippen molar-refractivity contribution in [1.29, 1.82) is 0 Å². The van der Waals surface area contributed by atoms with Crippen LogP contribution in [0.25, 0.3) is 5.65 Å². The zero-order chi connectivity index (χ0) is 13.8. The lowest BCUT2D eigenvalue weighted by Crippen LogP contribution is -2.41. The first kappa shape index (κ1) is 12.9. The fourth-order valence-corrected chi connectivity index (χ4v) is 2.18. The molecule has 0 aliphatic carbocycles. The SMILES string of the molecule is O=C(CCNc1ccn2nccc2n1)N1CCOCC1. The first-order chi connectivity index (χ1) is 9.83. The first-order valence-corrected chi connectivity index (χ1v) is 6.73. The third-order valence-corrected chi connectivity index (χ3v) is 3.27. The van der Waals surface area contributed by atoms with Gasteiger partial charge in [0.1, 0.15) is 5.82 Å². The van der Waals surface area contributed by atoms with E-state index in [4.69, 9.17) is 4.74 Å². The maximum atomic E-state index is 12.0. The van der Waals surface area contributed by atoms with Gasteiger partial charge >= 0.3 is 0 Å². The van der Waals surface area contributed by atoms with Crippen molar-refractivity contribution in [3.05, 3.63) is 24.5 Å². The van der Waals surface area contributed by atoms with Crippen LogP contribution in [0, 0.1) is 0 Å². The molecule has 0 radical (unpaired) electrons. The summed E-state index contributed by atoms with van der Waals surface area (Å²) in [5, 5.41) is 7.25. The second-order valence-corrected chi connectivity index (χ2v) is 4.62. The van der Waals surface area contributed by atoms with Gasteiger partial charge in [-0.2, -0.15) is 5.10 Å². The molecule has 0 atom stereocenters. The van der Waals surface area contributed by atoms with E-state index in [2.05, 4.69) is 15.4 Å². The standard InChI is InChI=1S/C13H17N5O2/c19-13(17-7-9-20-10-8-17)2-4-14-11-3-6-18-12(16-11)1-5-15-18/h1,3,5-6H,2,4,7-10H2,(H,14,16). The molecule has 0 unspecified atom stereocenters. The number of carbonyl (C=O) groups is 1. The van der Waals surface area contributed by atoms with Crippen LogP contribution in [-0.2, 0) is 9.53 Å². The minimum atomic E-state index is 0.159. The number of carbonyl (C=O) groups excluding carboxylic acids is 1. The second-order valence-electron chi connectivity index (χ2n) is 4.62. The molecule has 0 bridgehead atoms. The average molecular weight is 275 g/mol. The molecule has 2 aromatic heterocycles. The van der Waals surface area contributed by atoms with Crippen molar-refractivity contribution in [2.75, 3.05) is 38.2 Å². The Morgan fingerprint density at radius 2 is 2.20 bits per heavy atom. The molecule has 3 heterocycles. The Balaban J connectivity index is 1.50. The van der Waals surface area contributed by atoms with Crippen LogP contribution < -0.4 is 5.32 Å². The summed E-state index contributed by atoms with van der Waals surface area (Å²) in [6.45, 7) is 3.24. The number of aromatic nitrogens is 3. The molecule has 0 spiro atoms. The fraction of sp³-hybridized carbons (Fsp3) is 0.462. The predicted octanol–water partition coefficient (Wildman–Crippen LogP) is 0.390. The molecule has 1 amide bonds. The highest BCUT2D eigenvalue weighted by Crippen LogP contribution is 2.06. The smallest absolute Gasteiger partial charge is 0.224 e. The van der Waals surface area contributed by atoms with E-state index in [0.29, 0.717) is 39.3 Å². The third kappa shape index (κ3) is 2.88. The molecule has 7 nitrogen and oxygen atoms in total. The number of hydrogen-bond acceptors (Lipinski definition) is 5. The van der Waals surface area contributed by atoms with Crippen LogP contribution in [-0.4, -0.2) is 58.3 Å². The van der Waals surface area contributed by atoms with Gasteiger partial charge < -0.3 is 15.0 Å². The van der Waals surface area contributed by atoms with Gasteiger partial charge in [-0.25, -0.2) is 9.50 Å². The van der Waals surface area contributed by atoms with Crippen LogP contribution in [0.5, 0.6) is 0 Å². The number of amides is 1. The van der Waals surface area contributed by atoms with Crippen LogP contribution in [0.4, 0.5) is 5.82 Å². The number of nitrogens with zero attached hydrogens (tertiary/aromatic N) is 4. The Morgan fingerprint density at radius 1 is 1.35 bits per heavy atom. The first-order valence-electron chi connectivity index (χ1n) is 6.73. The number of anilines is 1. The zero-order valence-electron chi connectivity index (χ0n) is 11.2. The minimum Gasteiger partial charge on any atom is -0.378 e. The van der Waals surface area contributed by atoms with Gasteiger partial charge in [0.05, 0.1) is 19.4 Å². The average Bonchev–Trinajstić information content (AvgIpc) is 2.95. The lowest BCUT2D eigenvalue weighted by molar-refractivity contribution is -0.134. The van der Waals surface area contributed by atoms with Gasteiger partial charge in [0.15, 0.2) is 5.65 Å². The molecule has 1 fully saturated rings. The van der Waals surface area contributed by atoms with Crippen molar-refractivity contribution in [3.8, 4) is 0 Å². The Hall–Kier alpha value is -2.15. The molecule has 3 rings (SSSR count). The van der Waals surface area contributed by atoms with E-state index in [0.717, 1.165) is 11.5 Å². The van der Waals surface area contributed by atoms with Gasteiger partial charge in [-0.05, 0) is 6.07 Å². The number of fused-ring (bicyclic) bond motifs is 1. The molecule has 20 heavy (non-hydrogen) atoms. The van der Waals surface area contributed by atoms with E-state index in [1.165, 1.54) is 0 Å². The van der Waals surface area contributed by atoms with Gasteiger partial charge in [-0.15, -0.1) is 0 Å². The summed E-state index contributed by atoms with van der Waals surface area (Å²) in [7, 11) is 0. The quantitative estimate of drug-likeness (QED) is 0.874. The maximum Gasteiger partial charge on any atom is 0.224 e. The van der Waals surface area contributed by atoms with Gasteiger partial charge in [-0.1, -0.05) is 0 Å². The van der Waals surface area contributed by atoms with Crippen molar-refractivity contribution in [3.63, 3.8) is 0 Å². The second kappa shape index (κ2) is 5.87. The van der Waals surface area contributed by atoms with Crippen LogP contribution >= 0.6 is 0 Å². The van der Waals surface area contributed by atoms with E-state index in [-0.39, 0.29) is 5.91 Å². The lowest BCUT2D eigenvalue weighted by atomic mass is 10.3. The Morgan fingerprint density at radius 3 is 3.05 bits per heavy atom. The molecule has 1 aliphatic rings. The molecule has 1 aliphatic heterocycles. The largest absolute Gasteiger partial charge is 0.378 e. The Kier molecular flexibility index (Phi) is 3.78. The molecule has 2 aromatic rings.